The predicted molar refractivity (Wildman–Crippen MR) is 115 cm³/mol. The summed E-state index contributed by atoms with van der Waals surface area (Å²) in [6.45, 7) is 5.67. The minimum Gasteiger partial charge on any atom is -0.404 e. The molecule has 1 aliphatic rings. The average molecular weight is 420 g/mol. The highest BCUT2D eigenvalue weighted by atomic mass is 19.1. The molecule has 158 valence electrons. The summed E-state index contributed by atoms with van der Waals surface area (Å²) in [7, 11) is 0. The minimum atomic E-state index is -0.831. The van der Waals surface area contributed by atoms with Crippen molar-refractivity contribution in [3.05, 3.63) is 81.6 Å². The fraction of sp³-hybridized carbons (Fsp3) is 0.208. The number of aromatic amines is 1. The number of alkyl carbamates (subject to hydrolysis) is 1. The Morgan fingerprint density at radius 3 is 2.52 bits per heavy atom. The monoisotopic (exact) mass is 420 g/mol. The number of pyridine rings is 1. The van der Waals surface area contributed by atoms with Crippen LogP contribution < -0.4 is 10.9 Å². The Labute approximate surface area is 177 Å². The van der Waals surface area contributed by atoms with Crippen LogP contribution in [0.25, 0.3) is 22.0 Å². The van der Waals surface area contributed by atoms with E-state index >= 15 is 0 Å². The zero-order chi connectivity index (χ0) is 22.3. The summed E-state index contributed by atoms with van der Waals surface area (Å²) in [6.07, 6.45) is 0.669. The summed E-state index contributed by atoms with van der Waals surface area (Å²) in [4.78, 5) is 39.1. The molecule has 1 fully saturated rings. The van der Waals surface area contributed by atoms with Gasteiger partial charge < -0.3 is 9.72 Å². The number of benzene rings is 2. The number of carbonyl (C=O) groups is 2. The van der Waals surface area contributed by atoms with Crippen molar-refractivity contribution in [2.75, 3.05) is 0 Å². The molecule has 0 bridgehead atoms. The molecule has 2 amide bonds. The molecule has 1 saturated heterocycles. The van der Waals surface area contributed by atoms with E-state index in [1.807, 2.05) is 39.0 Å². The second kappa shape index (κ2) is 7.83. The first-order valence-electron chi connectivity index (χ1n) is 9.92. The van der Waals surface area contributed by atoms with Gasteiger partial charge in [0, 0.05) is 16.9 Å². The Balaban J connectivity index is 1.79. The summed E-state index contributed by atoms with van der Waals surface area (Å²) in [5, 5.41) is 3.30. The van der Waals surface area contributed by atoms with Gasteiger partial charge in [-0.05, 0) is 53.6 Å². The number of allylic oxidation sites excluding steroid dienone is 1. The van der Waals surface area contributed by atoms with Crippen molar-refractivity contribution in [1.29, 1.82) is 0 Å². The number of fused-ring (bicyclic) bond motifs is 1. The molecule has 1 aromatic heterocycles. The minimum absolute atomic E-state index is 0.0410. The summed E-state index contributed by atoms with van der Waals surface area (Å²) < 4.78 is 19.1. The van der Waals surface area contributed by atoms with Crippen molar-refractivity contribution in [1.82, 2.24) is 10.3 Å². The lowest BCUT2D eigenvalue weighted by Gasteiger charge is -2.19. The van der Waals surface area contributed by atoms with E-state index < -0.39 is 17.9 Å². The smallest absolute Gasteiger partial charge is 0.404 e. The molecular formula is C24H21FN2O4. The van der Waals surface area contributed by atoms with Crippen molar-refractivity contribution >= 4 is 22.8 Å². The maximum absolute atomic E-state index is 14.2. The largest absolute Gasteiger partial charge is 0.419 e. The highest BCUT2D eigenvalue weighted by molar-refractivity contribution is 6.07. The molecule has 2 N–H and O–H groups in total. The molecular weight excluding hydrogens is 399 g/mol. The number of ether oxygens (including phenoxy) is 1. The van der Waals surface area contributed by atoms with E-state index in [0.29, 0.717) is 22.2 Å². The van der Waals surface area contributed by atoms with Crippen LogP contribution in [0.4, 0.5) is 9.18 Å². The van der Waals surface area contributed by atoms with Gasteiger partial charge in [0.15, 0.2) is 5.76 Å². The van der Waals surface area contributed by atoms with Gasteiger partial charge in [-0.3, -0.25) is 14.9 Å². The molecule has 4 rings (SSSR count). The number of amides is 2. The molecule has 0 saturated carbocycles. The third-order valence-corrected chi connectivity index (χ3v) is 5.43. The highest BCUT2D eigenvalue weighted by Crippen LogP contribution is 2.30. The number of carbonyl (C=O) groups excluding carboxylic acids is 2. The molecule has 1 aliphatic heterocycles. The van der Waals surface area contributed by atoms with Gasteiger partial charge in [-0.1, -0.05) is 38.1 Å². The summed E-state index contributed by atoms with van der Waals surface area (Å²) in [5.41, 5.74) is 2.21. The molecule has 1 unspecified atom stereocenters. The first kappa shape index (κ1) is 20.5. The Morgan fingerprint density at radius 2 is 1.84 bits per heavy atom. The lowest BCUT2D eigenvalue weighted by molar-refractivity contribution is -0.116. The molecule has 31 heavy (non-hydrogen) atoms. The Hall–Kier alpha value is -3.74. The quantitative estimate of drug-likeness (QED) is 0.607. The third-order valence-electron chi connectivity index (χ3n) is 5.43. The molecule has 2 aromatic carbocycles. The number of nitrogens with one attached hydrogen (secondary N) is 2. The fourth-order valence-electron chi connectivity index (χ4n) is 3.83. The second-order valence-electron chi connectivity index (χ2n) is 7.93. The normalized spacial score (nSPS) is 16.1. The van der Waals surface area contributed by atoms with E-state index in [0.717, 1.165) is 10.9 Å². The number of cyclic esters (lactones) is 1. The standard InChI is InChI=1S/C24H21FN2O4/c1-12(2)16(11-20-23(29)27-24(30)31-20)18-9-13(3)21(26-22(18)28)15-8-7-14-5-4-6-19(25)17(14)10-15/h4-12,16H,1-3H3,(H,26,28)(H,27,29,30). The van der Waals surface area contributed by atoms with Crippen LogP contribution in [0.5, 0.6) is 0 Å². The predicted octanol–water partition coefficient (Wildman–Crippen LogP) is 4.53. The summed E-state index contributed by atoms with van der Waals surface area (Å²) in [6, 6.07) is 12.0. The van der Waals surface area contributed by atoms with Gasteiger partial charge in [0.05, 0.1) is 5.69 Å². The maximum atomic E-state index is 14.2. The molecule has 3 aromatic rings. The van der Waals surface area contributed by atoms with Crippen LogP contribution in [0.1, 0.15) is 30.9 Å². The van der Waals surface area contributed by atoms with Crippen LogP contribution in [0.2, 0.25) is 0 Å². The van der Waals surface area contributed by atoms with E-state index in [2.05, 4.69) is 10.3 Å². The molecule has 1 atom stereocenters. The van der Waals surface area contributed by atoms with Gasteiger partial charge in [-0.25, -0.2) is 9.18 Å². The highest BCUT2D eigenvalue weighted by Gasteiger charge is 2.29. The molecule has 7 heteroatoms. The number of H-pyrrole nitrogens is 1. The van der Waals surface area contributed by atoms with Crippen molar-refractivity contribution in [2.45, 2.75) is 26.7 Å². The van der Waals surface area contributed by atoms with E-state index in [9.17, 15) is 18.8 Å². The van der Waals surface area contributed by atoms with Gasteiger partial charge >= 0.3 is 6.09 Å². The van der Waals surface area contributed by atoms with Gasteiger partial charge in [-0.15, -0.1) is 0 Å². The first-order chi connectivity index (χ1) is 14.7. The number of hydrogen-bond acceptors (Lipinski definition) is 4. The van der Waals surface area contributed by atoms with Crippen molar-refractivity contribution in [3.63, 3.8) is 0 Å². The van der Waals surface area contributed by atoms with E-state index in [-0.39, 0.29) is 23.1 Å². The lowest BCUT2D eigenvalue weighted by Crippen LogP contribution is -2.21. The van der Waals surface area contributed by atoms with E-state index in [1.54, 1.807) is 18.2 Å². The van der Waals surface area contributed by atoms with Gasteiger partial charge in [-0.2, -0.15) is 0 Å². The van der Waals surface area contributed by atoms with Crippen LogP contribution >= 0.6 is 0 Å². The molecule has 0 radical (unpaired) electrons. The second-order valence-corrected chi connectivity index (χ2v) is 7.93. The van der Waals surface area contributed by atoms with Gasteiger partial charge in [0.1, 0.15) is 5.82 Å². The van der Waals surface area contributed by atoms with E-state index in [1.165, 1.54) is 12.1 Å². The Bertz CT molecular complexity index is 1310. The number of halogens is 1. The van der Waals surface area contributed by atoms with Gasteiger partial charge in [0.25, 0.3) is 11.5 Å². The van der Waals surface area contributed by atoms with Crippen LogP contribution in [0.3, 0.4) is 0 Å². The van der Waals surface area contributed by atoms with Crippen molar-refractivity contribution < 1.29 is 18.7 Å². The molecule has 6 nitrogen and oxygen atoms in total. The topological polar surface area (TPSA) is 88.3 Å². The lowest BCUT2D eigenvalue weighted by atomic mass is 9.87. The number of imide groups is 1. The van der Waals surface area contributed by atoms with Crippen LogP contribution in [0.15, 0.2) is 59.1 Å². The van der Waals surface area contributed by atoms with Gasteiger partial charge in [0.2, 0.25) is 0 Å². The first-order valence-corrected chi connectivity index (χ1v) is 9.92. The summed E-state index contributed by atoms with van der Waals surface area (Å²) in [5.74, 6) is -1.56. The average Bonchev–Trinajstić information content (AvgIpc) is 3.04. The number of aromatic nitrogens is 1. The van der Waals surface area contributed by atoms with Crippen LogP contribution in [-0.4, -0.2) is 17.0 Å². The Morgan fingerprint density at radius 1 is 1.06 bits per heavy atom. The zero-order valence-electron chi connectivity index (χ0n) is 17.3. The Kier molecular flexibility index (Phi) is 5.19. The van der Waals surface area contributed by atoms with Crippen molar-refractivity contribution in [2.24, 2.45) is 5.92 Å². The van der Waals surface area contributed by atoms with E-state index in [4.69, 9.17) is 4.74 Å². The fourth-order valence-corrected chi connectivity index (χ4v) is 3.83. The van der Waals surface area contributed by atoms with Crippen LogP contribution in [0, 0.1) is 18.7 Å². The molecule has 0 spiro atoms. The number of aryl methyl sites for hydroxylation is 1. The summed E-state index contributed by atoms with van der Waals surface area (Å²) >= 11 is 0. The zero-order valence-corrected chi connectivity index (χ0v) is 17.3. The maximum Gasteiger partial charge on any atom is 0.419 e. The number of hydrogen-bond donors (Lipinski definition) is 2. The van der Waals surface area contributed by atoms with Crippen LogP contribution in [-0.2, 0) is 9.53 Å². The SMILES string of the molecule is Cc1cc(C(C=C2OC(=O)NC2=O)C(C)C)c(=O)[nH]c1-c1ccc2cccc(F)c2c1. The number of rotatable bonds is 4. The third kappa shape index (κ3) is 3.86. The van der Waals surface area contributed by atoms with Crippen molar-refractivity contribution in [3.8, 4) is 11.3 Å². The molecule has 0 aliphatic carbocycles. The molecule has 2 heterocycles.